The summed E-state index contributed by atoms with van der Waals surface area (Å²) < 4.78 is 40.8. The summed E-state index contributed by atoms with van der Waals surface area (Å²) in [7, 11) is 0. The third kappa shape index (κ3) is 4.59. The van der Waals surface area contributed by atoms with Crippen molar-refractivity contribution in [2.75, 3.05) is 32.0 Å². The van der Waals surface area contributed by atoms with Crippen molar-refractivity contribution in [2.24, 2.45) is 0 Å². The minimum absolute atomic E-state index is 0.157. The number of nitrogen functional groups attached to an aromatic ring is 1. The lowest BCUT2D eigenvalue weighted by Gasteiger charge is -2.16. The summed E-state index contributed by atoms with van der Waals surface area (Å²) in [6.45, 7) is 1.88. The minimum atomic E-state index is -4.33. The van der Waals surface area contributed by atoms with Gasteiger partial charge in [-0.3, -0.25) is 0 Å². The first-order chi connectivity index (χ1) is 9.44. The van der Waals surface area contributed by atoms with E-state index < -0.39 is 12.8 Å². The molecule has 112 valence electrons. The van der Waals surface area contributed by atoms with Crippen LogP contribution in [-0.4, -0.2) is 37.3 Å². The van der Waals surface area contributed by atoms with E-state index in [2.05, 4.69) is 9.64 Å². The van der Waals surface area contributed by atoms with Gasteiger partial charge in [0.25, 0.3) is 0 Å². The van der Waals surface area contributed by atoms with Gasteiger partial charge in [0.05, 0.1) is 0 Å². The first-order valence-corrected chi connectivity index (χ1v) is 6.74. The zero-order chi connectivity index (χ0) is 14.6. The number of benzene rings is 1. The Morgan fingerprint density at radius 3 is 2.50 bits per heavy atom. The second-order valence-corrected chi connectivity index (χ2v) is 5.06. The molecule has 1 heterocycles. The Labute approximate surface area is 116 Å². The molecule has 0 aliphatic carbocycles. The van der Waals surface area contributed by atoms with Crippen molar-refractivity contribution in [3.8, 4) is 5.75 Å². The SMILES string of the molecule is Nc1cc(OCC(F)(F)F)ccc1CCN1CCCC1. The second kappa shape index (κ2) is 6.35. The van der Waals surface area contributed by atoms with Crippen molar-refractivity contribution < 1.29 is 17.9 Å². The molecule has 20 heavy (non-hydrogen) atoms. The molecule has 0 radical (unpaired) electrons. The van der Waals surface area contributed by atoms with E-state index in [1.807, 2.05) is 0 Å². The van der Waals surface area contributed by atoms with Gasteiger partial charge in [-0.2, -0.15) is 13.2 Å². The molecule has 0 saturated carbocycles. The molecule has 1 saturated heterocycles. The molecule has 0 aromatic heterocycles. The van der Waals surface area contributed by atoms with Crippen molar-refractivity contribution >= 4 is 5.69 Å². The second-order valence-electron chi connectivity index (χ2n) is 5.06. The predicted octanol–water partition coefficient (Wildman–Crippen LogP) is 2.85. The fraction of sp³-hybridized carbons (Fsp3) is 0.571. The first-order valence-electron chi connectivity index (χ1n) is 6.74. The van der Waals surface area contributed by atoms with Gasteiger partial charge >= 0.3 is 6.18 Å². The molecule has 1 aliphatic heterocycles. The van der Waals surface area contributed by atoms with Gasteiger partial charge < -0.3 is 15.4 Å². The maximum atomic E-state index is 12.1. The van der Waals surface area contributed by atoms with Gasteiger partial charge in [-0.1, -0.05) is 6.07 Å². The van der Waals surface area contributed by atoms with Crippen LogP contribution in [0.25, 0.3) is 0 Å². The molecule has 0 spiro atoms. The van der Waals surface area contributed by atoms with Gasteiger partial charge in [-0.25, -0.2) is 0 Å². The van der Waals surface area contributed by atoms with Gasteiger partial charge in [-0.15, -0.1) is 0 Å². The van der Waals surface area contributed by atoms with E-state index in [1.165, 1.54) is 18.9 Å². The molecule has 0 atom stereocenters. The van der Waals surface area contributed by atoms with E-state index in [0.29, 0.717) is 5.69 Å². The van der Waals surface area contributed by atoms with E-state index in [9.17, 15) is 13.2 Å². The lowest BCUT2D eigenvalue weighted by Crippen LogP contribution is -2.22. The minimum Gasteiger partial charge on any atom is -0.484 e. The largest absolute Gasteiger partial charge is 0.484 e. The average molecular weight is 288 g/mol. The molecular weight excluding hydrogens is 269 g/mol. The van der Waals surface area contributed by atoms with Gasteiger partial charge in [0.2, 0.25) is 0 Å². The third-order valence-electron chi connectivity index (χ3n) is 3.42. The van der Waals surface area contributed by atoms with E-state index in [1.54, 1.807) is 12.1 Å². The topological polar surface area (TPSA) is 38.5 Å². The number of nitrogens with two attached hydrogens (primary N) is 1. The van der Waals surface area contributed by atoms with Crippen molar-refractivity contribution in [3.05, 3.63) is 23.8 Å². The van der Waals surface area contributed by atoms with Crippen molar-refractivity contribution in [1.29, 1.82) is 0 Å². The molecule has 2 N–H and O–H groups in total. The summed E-state index contributed by atoms with van der Waals surface area (Å²) in [5.74, 6) is 0.157. The average Bonchev–Trinajstić information content (AvgIpc) is 2.87. The number of likely N-dealkylation sites (tertiary alicyclic amines) is 1. The van der Waals surface area contributed by atoms with Crippen LogP contribution >= 0.6 is 0 Å². The van der Waals surface area contributed by atoms with E-state index in [-0.39, 0.29) is 5.75 Å². The summed E-state index contributed by atoms with van der Waals surface area (Å²) in [4.78, 5) is 2.37. The molecule has 0 unspecified atom stereocenters. The normalized spacial score (nSPS) is 16.6. The van der Waals surface area contributed by atoms with Crippen LogP contribution in [0.1, 0.15) is 18.4 Å². The molecule has 1 aromatic rings. The molecule has 0 amide bonds. The van der Waals surface area contributed by atoms with Gasteiger partial charge in [0.1, 0.15) is 5.75 Å². The van der Waals surface area contributed by atoms with Crippen molar-refractivity contribution in [1.82, 2.24) is 4.90 Å². The Morgan fingerprint density at radius 1 is 1.20 bits per heavy atom. The number of hydrogen-bond donors (Lipinski definition) is 1. The Hall–Kier alpha value is -1.43. The maximum Gasteiger partial charge on any atom is 0.422 e. The molecular formula is C14H19F3N2O. The highest BCUT2D eigenvalue weighted by molar-refractivity contribution is 5.51. The smallest absolute Gasteiger partial charge is 0.422 e. The zero-order valence-electron chi connectivity index (χ0n) is 11.2. The lowest BCUT2D eigenvalue weighted by atomic mass is 10.1. The Balaban J connectivity index is 1.88. The fourth-order valence-electron chi connectivity index (χ4n) is 2.34. The van der Waals surface area contributed by atoms with Crippen molar-refractivity contribution in [3.63, 3.8) is 0 Å². The molecule has 2 rings (SSSR count). The van der Waals surface area contributed by atoms with E-state index >= 15 is 0 Å². The number of ether oxygens (including phenoxy) is 1. The maximum absolute atomic E-state index is 12.1. The predicted molar refractivity (Wildman–Crippen MR) is 71.8 cm³/mol. The number of rotatable bonds is 5. The molecule has 3 nitrogen and oxygen atoms in total. The summed E-state index contributed by atoms with van der Waals surface area (Å²) in [5.41, 5.74) is 7.31. The summed E-state index contributed by atoms with van der Waals surface area (Å²) in [5, 5.41) is 0. The van der Waals surface area contributed by atoms with Crippen LogP contribution in [-0.2, 0) is 6.42 Å². The van der Waals surface area contributed by atoms with Crippen LogP contribution in [0.3, 0.4) is 0 Å². The van der Waals surface area contributed by atoms with Crippen LogP contribution < -0.4 is 10.5 Å². The number of halogens is 3. The summed E-state index contributed by atoms with van der Waals surface area (Å²) >= 11 is 0. The van der Waals surface area contributed by atoms with E-state index in [4.69, 9.17) is 5.73 Å². The highest BCUT2D eigenvalue weighted by Gasteiger charge is 2.28. The number of hydrogen-bond acceptors (Lipinski definition) is 3. The number of anilines is 1. The number of alkyl halides is 3. The quantitative estimate of drug-likeness (QED) is 0.847. The van der Waals surface area contributed by atoms with Crippen LogP contribution in [0.4, 0.5) is 18.9 Å². The first kappa shape index (κ1) is 15.0. The van der Waals surface area contributed by atoms with Gasteiger partial charge in [0.15, 0.2) is 6.61 Å². The molecule has 0 bridgehead atoms. The van der Waals surface area contributed by atoms with Crippen LogP contribution in [0.2, 0.25) is 0 Å². The standard InChI is InChI=1S/C14H19F3N2O/c15-14(16,17)10-20-12-4-3-11(13(18)9-12)5-8-19-6-1-2-7-19/h3-4,9H,1-2,5-8,10,18H2. The van der Waals surface area contributed by atoms with Crippen LogP contribution in [0, 0.1) is 0 Å². The third-order valence-corrected chi connectivity index (χ3v) is 3.42. The summed E-state index contributed by atoms with van der Waals surface area (Å²) in [6, 6.07) is 4.75. The zero-order valence-corrected chi connectivity index (χ0v) is 11.2. The summed E-state index contributed by atoms with van der Waals surface area (Å²) in [6.07, 6.45) is -1.05. The molecule has 1 aromatic carbocycles. The van der Waals surface area contributed by atoms with E-state index in [0.717, 1.165) is 31.6 Å². The molecule has 1 fully saturated rings. The monoisotopic (exact) mass is 288 g/mol. The highest BCUT2D eigenvalue weighted by Crippen LogP contribution is 2.23. The van der Waals surface area contributed by atoms with Crippen LogP contribution in [0.15, 0.2) is 18.2 Å². The Bertz CT molecular complexity index is 443. The van der Waals surface area contributed by atoms with Crippen molar-refractivity contribution in [2.45, 2.75) is 25.4 Å². The Morgan fingerprint density at radius 2 is 1.90 bits per heavy atom. The lowest BCUT2D eigenvalue weighted by molar-refractivity contribution is -0.153. The van der Waals surface area contributed by atoms with Gasteiger partial charge in [-0.05, 0) is 44.0 Å². The number of nitrogens with zero attached hydrogens (tertiary/aromatic N) is 1. The molecule has 6 heteroatoms. The highest BCUT2D eigenvalue weighted by atomic mass is 19.4. The fourth-order valence-corrected chi connectivity index (χ4v) is 2.34. The Kier molecular flexibility index (Phi) is 4.75. The molecule has 1 aliphatic rings. The van der Waals surface area contributed by atoms with Crippen LogP contribution in [0.5, 0.6) is 5.75 Å². The van der Waals surface area contributed by atoms with Gasteiger partial charge in [0, 0.05) is 18.3 Å².